The minimum Gasteiger partial charge on any atom is -0.340 e. The van der Waals surface area contributed by atoms with Crippen molar-refractivity contribution < 1.29 is 22.4 Å². The summed E-state index contributed by atoms with van der Waals surface area (Å²) in [5.74, 6) is -5.48. The van der Waals surface area contributed by atoms with Gasteiger partial charge in [-0.2, -0.15) is 0 Å². The number of hydrogen-bond acceptors (Lipinski definition) is 3. The summed E-state index contributed by atoms with van der Waals surface area (Å²) in [4.78, 5) is 16.2. The highest BCUT2D eigenvalue weighted by Gasteiger charge is 2.16. The highest BCUT2D eigenvalue weighted by molar-refractivity contribution is 6.04. The Labute approximate surface area is 145 Å². The number of hydrogen-bond donors (Lipinski definition) is 2. The molecule has 132 valence electrons. The number of pyridine rings is 1. The molecule has 1 amide bonds. The van der Waals surface area contributed by atoms with Crippen LogP contribution in [0.25, 0.3) is 0 Å². The van der Waals surface area contributed by atoms with Gasteiger partial charge in [0, 0.05) is 17.4 Å². The van der Waals surface area contributed by atoms with Crippen LogP contribution in [0.3, 0.4) is 0 Å². The zero-order chi connectivity index (χ0) is 18.7. The topological polar surface area (TPSA) is 54.0 Å². The second-order valence-electron chi connectivity index (χ2n) is 5.24. The molecule has 4 nitrogen and oxygen atoms in total. The van der Waals surface area contributed by atoms with Gasteiger partial charge in [0.15, 0.2) is 17.5 Å². The number of rotatable bonds is 4. The van der Waals surface area contributed by atoms with Crippen LogP contribution in [-0.2, 0) is 0 Å². The van der Waals surface area contributed by atoms with Gasteiger partial charge in [0.1, 0.15) is 11.6 Å². The molecule has 8 heteroatoms. The van der Waals surface area contributed by atoms with Crippen molar-refractivity contribution in [1.29, 1.82) is 0 Å². The van der Waals surface area contributed by atoms with Gasteiger partial charge in [0.05, 0.1) is 5.69 Å². The smallest absolute Gasteiger partial charge is 0.255 e. The molecule has 0 radical (unpaired) electrons. The Morgan fingerprint density at radius 2 is 1.73 bits per heavy atom. The number of carbonyl (C=O) groups is 1. The highest BCUT2D eigenvalue weighted by Crippen LogP contribution is 2.21. The molecule has 2 N–H and O–H groups in total. The summed E-state index contributed by atoms with van der Waals surface area (Å²) in [7, 11) is 0. The quantitative estimate of drug-likeness (QED) is 0.526. The van der Waals surface area contributed by atoms with E-state index < -0.39 is 34.9 Å². The van der Waals surface area contributed by atoms with Crippen LogP contribution in [0.1, 0.15) is 10.4 Å². The van der Waals surface area contributed by atoms with Crippen LogP contribution in [0.4, 0.5) is 34.8 Å². The fraction of sp³-hybridized carbons (Fsp3) is 0. The molecular weight excluding hydrogens is 350 g/mol. The first-order valence-electron chi connectivity index (χ1n) is 7.37. The maximum Gasteiger partial charge on any atom is 0.255 e. The van der Waals surface area contributed by atoms with Crippen molar-refractivity contribution in [3.63, 3.8) is 0 Å². The predicted octanol–water partition coefficient (Wildman–Crippen LogP) is 4.63. The summed E-state index contributed by atoms with van der Waals surface area (Å²) in [5, 5.41) is 4.98. The Morgan fingerprint density at radius 3 is 2.50 bits per heavy atom. The van der Waals surface area contributed by atoms with E-state index in [4.69, 9.17) is 0 Å². The molecule has 3 aromatic rings. The van der Waals surface area contributed by atoms with Gasteiger partial charge < -0.3 is 10.6 Å². The average molecular weight is 361 g/mol. The molecular formula is C18H11F4N3O. The lowest BCUT2D eigenvalue weighted by Gasteiger charge is -2.09. The molecule has 0 spiro atoms. The number of aromatic nitrogens is 1. The van der Waals surface area contributed by atoms with Crippen LogP contribution in [0.2, 0.25) is 0 Å². The first-order valence-corrected chi connectivity index (χ1v) is 7.37. The summed E-state index contributed by atoms with van der Waals surface area (Å²) in [5.41, 5.74) is 0.00935. The maximum absolute atomic E-state index is 13.7. The number of anilines is 3. The van der Waals surface area contributed by atoms with E-state index in [1.54, 1.807) is 6.07 Å². The van der Waals surface area contributed by atoms with Crippen molar-refractivity contribution in [2.24, 2.45) is 0 Å². The van der Waals surface area contributed by atoms with Gasteiger partial charge >= 0.3 is 0 Å². The number of amides is 1. The summed E-state index contributed by atoms with van der Waals surface area (Å²) >= 11 is 0. The van der Waals surface area contributed by atoms with Crippen LogP contribution >= 0.6 is 0 Å². The minimum atomic E-state index is -1.68. The van der Waals surface area contributed by atoms with E-state index in [1.807, 2.05) is 0 Å². The monoisotopic (exact) mass is 361 g/mol. The number of benzene rings is 2. The lowest BCUT2D eigenvalue weighted by Crippen LogP contribution is -2.14. The Balaban J connectivity index is 1.79. The standard InChI is InChI=1S/C18H11F4N3O/c19-11-2-1-3-12(9-11)24-15-8-10(6-7-23-15)18(26)25-14-5-4-13(20)16(21)17(14)22/h1-9H,(H,23,24)(H,25,26). The van der Waals surface area contributed by atoms with E-state index in [0.717, 1.165) is 6.07 Å². The van der Waals surface area contributed by atoms with Gasteiger partial charge in [0.25, 0.3) is 5.91 Å². The molecule has 0 aliphatic heterocycles. The summed E-state index contributed by atoms with van der Waals surface area (Å²) in [6.07, 6.45) is 1.32. The van der Waals surface area contributed by atoms with Crippen LogP contribution < -0.4 is 10.6 Å². The Bertz CT molecular complexity index is 978. The van der Waals surface area contributed by atoms with Gasteiger partial charge in [-0.25, -0.2) is 22.5 Å². The summed E-state index contributed by atoms with van der Waals surface area (Å²) < 4.78 is 53.0. The summed E-state index contributed by atoms with van der Waals surface area (Å²) in [6.45, 7) is 0. The van der Waals surface area contributed by atoms with Crippen LogP contribution in [-0.4, -0.2) is 10.9 Å². The number of carbonyl (C=O) groups excluding carboxylic acids is 1. The third-order valence-corrected chi connectivity index (χ3v) is 3.40. The van der Waals surface area contributed by atoms with Gasteiger partial charge in [-0.3, -0.25) is 4.79 Å². The van der Waals surface area contributed by atoms with Gasteiger partial charge in [-0.15, -0.1) is 0 Å². The fourth-order valence-electron chi connectivity index (χ4n) is 2.17. The van der Waals surface area contributed by atoms with Crippen molar-refractivity contribution in [3.05, 3.63) is 83.6 Å². The molecule has 0 unspecified atom stereocenters. The lowest BCUT2D eigenvalue weighted by atomic mass is 10.2. The first-order chi connectivity index (χ1) is 12.4. The van der Waals surface area contributed by atoms with E-state index in [9.17, 15) is 22.4 Å². The molecule has 0 bridgehead atoms. The zero-order valence-electron chi connectivity index (χ0n) is 13.1. The molecule has 0 fully saturated rings. The highest BCUT2D eigenvalue weighted by atomic mass is 19.2. The van der Waals surface area contributed by atoms with E-state index in [2.05, 4.69) is 15.6 Å². The Hall–Kier alpha value is -3.42. The third kappa shape index (κ3) is 3.80. The van der Waals surface area contributed by atoms with E-state index in [1.165, 1.54) is 36.5 Å². The normalized spacial score (nSPS) is 10.5. The third-order valence-electron chi connectivity index (χ3n) is 3.40. The van der Waals surface area contributed by atoms with E-state index >= 15 is 0 Å². The van der Waals surface area contributed by atoms with E-state index in [-0.39, 0.29) is 11.4 Å². The zero-order valence-corrected chi connectivity index (χ0v) is 13.1. The molecule has 0 aliphatic rings. The molecule has 2 aromatic carbocycles. The number of halogens is 4. The Kier molecular flexibility index (Phi) is 4.83. The van der Waals surface area contributed by atoms with Crippen LogP contribution in [0.15, 0.2) is 54.7 Å². The molecule has 0 aliphatic carbocycles. The van der Waals surface area contributed by atoms with Crippen molar-refractivity contribution in [2.75, 3.05) is 10.6 Å². The van der Waals surface area contributed by atoms with Gasteiger partial charge in [-0.1, -0.05) is 6.07 Å². The largest absolute Gasteiger partial charge is 0.340 e. The SMILES string of the molecule is O=C(Nc1ccc(F)c(F)c1F)c1ccnc(Nc2cccc(F)c2)c1. The second kappa shape index (κ2) is 7.22. The van der Waals surface area contributed by atoms with Gasteiger partial charge in [0.2, 0.25) is 0 Å². The predicted molar refractivity (Wildman–Crippen MR) is 88.2 cm³/mol. The molecule has 1 heterocycles. The van der Waals surface area contributed by atoms with Crippen molar-refractivity contribution >= 4 is 23.1 Å². The van der Waals surface area contributed by atoms with Crippen molar-refractivity contribution in [1.82, 2.24) is 4.98 Å². The summed E-state index contributed by atoms with van der Waals surface area (Å²) in [6, 6.07) is 9.94. The molecule has 0 saturated heterocycles. The number of nitrogens with zero attached hydrogens (tertiary/aromatic N) is 1. The molecule has 0 atom stereocenters. The van der Waals surface area contributed by atoms with Crippen LogP contribution in [0.5, 0.6) is 0 Å². The minimum absolute atomic E-state index is 0.0861. The van der Waals surface area contributed by atoms with E-state index in [0.29, 0.717) is 11.8 Å². The lowest BCUT2D eigenvalue weighted by molar-refractivity contribution is 0.102. The van der Waals surface area contributed by atoms with Crippen molar-refractivity contribution in [3.8, 4) is 0 Å². The van der Waals surface area contributed by atoms with Gasteiger partial charge in [-0.05, 0) is 42.5 Å². The molecule has 1 aromatic heterocycles. The second-order valence-corrected chi connectivity index (χ2v) is 5.24. The molecule has 3 rings (SSSR count). The average Bonchev–Trinajstić information content (AvgIpc) is 2.62. The van der Waals surface area contributed by atoms with Crippen LogP contribution in [0, 0.1) is 23.3 Å². The molecule has 26 heavy (non-hydrogen) atoms. The number of nitrogens with one attached hydrogen (secondary N) is 2. The fourth-order valence-corrected chi connectivity index (χ4v) is 2.17. The Morgan fingerprint density at radius 1 is 0.923 bits per heavy atom. The molecule has 0 saturated carbocycles. The van der Waals surface area contributed by atoms with Crippen molar-refractivity contribution in [2.45, 2.75) is 0 Å². The first kappa shape index (κ1) is 17.4. The maximum atomic E-state index is 13.7.